The molecule has 4 rings (SSSR count). The third kappa shape index (κ3) is 4.56. The number of hydrogen-bond donors (Lipinski definition) is 0. The Morgan fingerprint density at radius 3 is 2.32 bits per heavy atom. The number of methoxy groups -OCH3 is 1. The van der Waals surface area contributed by atoms with Gasteiger partial charge in [0.2, 0.25) is 0 Å². The summed E-state index contributed by atoms with van der Waals surface area (Å²) in [5.74, 6) is 0.639. The van der Waals surface area contributed by atoms with Crippen molar-refractivity contribution in [1.29, 1.82) is 0 Å². The lowest BCUT2D eigenvalue weighted by Crippen LogP contribution is -2.48. The molecule has 2 heterocycles. The standard InChI is InChI=1S/C23H23Cl2N3O3/c1-14-12-27(13-15(2)31-14)23(29)22-11-21(16-4-7-18(30-3)8-5-16)26-28(22)17-6-9-19(24)20(25)10-17/h4-11,14-15H,12-13H2,1-3H3. The zero-order valence-corrected chi connectivity index (χ0v) is 19.0. The van der Waals surface area contributed by atoms with Crippen molar-refractivity contribution in [2.24, 2.45) is 0 Å². The van der Waals surface area contributed by atoms with Gasteiger partial charge in [0.25, 0.3) is 5.91 Å². The lowest BCUT2D eigenvalue weighted by Gasteiger charge is -2.35. The second-order valence-corrected chi connectivity index (χ2v) is 8.44. The summed E-state index contributed by atoms with van der Waals surface area (Å²) < 4.78 is 12.6. The molecule has 1 saturated heterocycles. The van der Waals surface area contributed by atoms with Gasteiger partial charge in [0, 0.05) is 18.7 Å². The van der Waals surface area contributed by atoms with E-state index in [4.69, 9.17) is 37.8 Å². The summed E-state index contributed by atoms with van der Waals surface area (Å²) in [5.41, 5.74) is 2.65. The van der Waals surface area contributed by atoms with Gasteiger partial charge in [-0.25, -0.2) is 4.68 Å². The fourth-order valence-electron chi connectivity index (χ4n) is 3.76. The zero-order valence-electron chi connectivity index (χ0n) is 17.5. The van der Waals surface area contributed by atoms with E-state index in [0.717, 1.165) is 11.3 Å². The van der Waals surface area contributed by atoms with Crippen molar-refractivity contribution in [2.45, 2.75) is 26.1 Å². The largest absolute Gasteiger partial charge is 0.497 e. The first kappa shape index (κ1) is 21.7. The fraction of sp³-hybridized carbons (Fsp3) is 0.304. The number of morpholine rings is 1. The number of nitrogens with zero attached hydrogens (tertiary/aromatic N) is 3. The molecule has 0 spiro atoms. The van der Waals surface area contributed by atoms with Gasteiger partial charge in [0.05, 0.1) is 40.7 Å². The molecule has 0 aliphatic carbocycles. The van der Waals surface area contributed by atoms with Gasteiger partial charge in [-0.3, -0.25) is 4.79 Å². The average Bonchev–Trinajstić information content (AvgIpc) is 3.20. The van der Waals surface area contributed by atoms with Crippen LogP contribution >= 0.6 is 23.2 Å². The van der Waals surface area contributed by atoms with Gasteiger partial charge in [-0.2, -0.15) is 5.10 Å². The van der Waals surface area contributed by atoms with Crippen molar-refractivity contribution in [3.63, 3.8) is 0 Å². The summed E-state index contributed by atoms with van der Waals surface area (Å²) in [5, 5.41) is 5.56. The molecule has 6 nitrogen and oxygen atoms in total. The number of halogens is 2. The lowest BCUT2D eigenvalue weighted by molar-refractivity contribution is -0.0588. The molecule has 1 aliphatic rings. The predicted molar refractivity (Wildman–Crippen MR) is 121 cm³/mol. The number of carbonyl (C=O) groups is 1. The Balaban J connectivity index is 1.78. The zero-order chi connectivity index (χ0) is 22.1. The van der Waals surface area contributed by atoms with Crippen LogP contribution in [0.25, 0.3) is 16.9 Å². The number of carbonyl (C=O) groups excluding carboxylic acids is 1. The number of amides is 1. The van der Waals surface area contributed by atoms with Crippen molar-refractivity contribution < 1.29 is 14.3 Å². The van der Waals surface area contributed by atoms with Crippen molar-refractivity contribution in [2.75, 3.05) is 20.2 Å². The third-order valence-corrected chi connectivity index (χ3v) is 5.91. The van der Waals surface area contributed by atoms with Crippen LogP contribution in [0.5, 0.6) is 5.75 Å². The van der Waals surface area contributed by atoms with Crippen LogP contribution in [0.3, 0.4) is 0 Å². The maximum absolute atomic E-state index is 13.5. The van der Waals surface area contributed by atoms with E-state index < -0.39 is 0 Å². The van der Waals surface area contributed by atoms with Crippen LogP contribution in [0, 0.1) is 0 Å². The van der Waals surface area contributed by atoms with Crippen LogP contribution in [0.2, 0.25) is 10.0 Å². The molecule has 162 valence electrons. The van der Waals surface area contributed by atoms with Crippen LogP contribution < -0.4 is 4.74 Å². The monoisotopic (exact) mass is 459 g/mol. The van der Waals surface area contributed by atoms with E-state index in [1.54, 1.807) is 36.1 Å². The van der Waals surface area contributed by atoms with E-state index in [-0.39, 0.29) is 18.1 Å². The van der Waals surface area contributed by atoms with Gasteiger partial charge < -0.3 is 14.4 Å². The molecule has 8 heteroatoms. The van der Waals surface area contributed by atoms with Crippen molar-refractivity contribution in [3.8, 4) is 22.7 Å². The molecule has 1 amide bonds. The van der Waals surface area contributed by atoms with Gasteiger partial charge in [-0.05, 0) is 62.4 Å². The molecule has 2 unspecified atom stereocenters. The van der Waals surface area contributed by atoms with Crippen molar-refractivity contribution >= 4 is 29.1 Å². The van der Waals surface area contributed by atoms with Crippen molar-refractivity contribution in [1.82, 2.24) is 14.7 Å². The van der Waals surface area contributed by atoms with Gasteiger partial charge in [-0.15, -0.1) is 0 Å². The van der Waals surface area contributed by atoms with E-state index in [9.17, 15) is 4.79 Å². The summed E-state index contributed by atoms with van der Waals surface area (Å²) in [7, 11) is 1.62. The Kier molecular flexibility index (Phi) is 6.23. The fourth-order valence-corrected chi connectivity index (χ4v) is 4.05. The summed E-state index contributed by atoms with van der Waals surface area (Å²) in [6, 6.07) is 14.5. The topological polar surface area (TPSA) is 56.6 Å². The second kappa shape index (κ2) is 8.91. The minimum Gasteiger partial charge on any atom is -0.497 e. The molecule has 2 aromatic carbocycles. The Labute approximate surface area is 191 Å². The van der Waals surface area contributed by atoms with Crippen LogP contribution in [-0.2, 0) is 4.74 Å². The number of ether oxygens (including phenoxy) is 2. The highest BCUT2D eigenvalue weighted by Crippen LogP contribution is 2.29. The molecule has 0 saturated carbocycles. The number of benzene rings is 2. The molecule has 0 N–H and O–H groups in total. The molecular formula is C23H23Cl2N3O3. The van der Waals surface area contributed by atoms with Gasteiger partial charge >= 0.3 is 0 Å². The highest BCUT2D eigenvalue weighted by Gasteiger charge is 2.29. The van der Waals surface area contributed by atoms with Crippen LogP contribution in [-0.4, -0.2) is 53.0 Å². The average molecular weight is 460 g/mol. The van der Waals surface area contributed by atoms with Gasteiger partial charge in [0.1, 0.15) is 11.4 Å². The first-order valence-corrected chi connectivity index (χ1v) is 10.8. The van der Waals surface area contributed by atoms with Gasteiger partial charge in [0.15, 0.2) is 0 Å². The highest BCUT2D eigenvalue weighted by molar-refractivity contribution is 6.42. The Morgan fingerprint density at radius 1 is 1.03 bits per heavy atom. The SMILES string of the molecule is COc1ccc(-c2cc(C(=O)N3CC(C)OC(C)C3)n(-c3ccc(Cl)c(Cl)c3)n2)cc1. The van der Waals surface area contributed by atoms with E-state index in [2.05, 4.69) is 0 Å². The van der Waals surface area contributed by atoms with E-state index in [0.29, 0.717) is 40.2 Å². The Hall–Kier alpha value is -2.54. The maximum atomic E-state index is 13.5. The summed E-state index contributed by atoms with van der Waals surface area (Å²) >= 11 is 12.3. The second-order valence-electron chi connectivity index (χ2n) is 7.62. The maximum Gasteiger partial charge on any atom is 0.272 e. The van der Waals surface area contributed by atoms with Crippen molar-refractivity contribution in [3.05, 3.63) is 64.3 Å². The van der Waals surface area contributed by atoms with Crippen LogP contribution in [0.15, 0.2) is 48.5 Å². The number of aromatic nitrogens is 2. The van der Waals surface area contributed by atoms with Crippen LogP contribution in [0.1, 0.15) is 24.3 Å². The number of rotatable bonds is 4. The first-order valence-electron chi connectivity index (χ1n) is 10.0. The molecule has 1 fully saturated rings. The molecule has 1 aromatic heterocycles. The Morgan fingerprint density at radius 2 is 1.71 bits per heavy atom. The lowest BCUT2D eigenvalue weighted by atomic mass is 10.1. The van der Waals surface area contributed by atoms with E-state index >= 15 is 0 Å². The summed E-state index contributed by atoms with van der Waals surface area (Å²) in [4.78, 5) is 15.3. The Bertz CT molecular complexity index is 1090. The molecule has 31 heavy (non-hydrogen) atoms. The minimum absolute atomic E-state index is 0.0323. The van der Waals surface area contributed by atoms with E-state index in [1.165, 1.54) is 0 Å². The molecular weight excluding hydrogens is 437 g/mol. The quantitative estimate of drug-likeness (QED) is 0.544. The molecule has 1 aliphatic heterocycles. The van der Waals surface area contributed by atoms with E-state index in [1.807, 2.05) is 43.0 Å². The molecule has 2 atom stereocenters. The summed E-state index contributed by atoms with van der Waals surface area (Å²) in [6.07, 6.45) is -0.0646. The third-order valence-electron chi connectivity index (χ3n) is 5.17. The molecule has 0 radical (unpaired) electrons. The molecule has 3 aromatic rings. The number of hydrogen-bond acceptors (Lipinski definition) is 4. The van der Waals surface area contributed by atoms with Crippen LogP contribution in [0.4, 0.5) is 0 Å². The highest BCUT2D eigenvalue weighted by atomic mass is 35.5. The first-order chi connectivity index (χ1) is 14.9. The summed E-state index contributed by atoms with van der Waals surface area (Å²) in [6.45, 7) is 4.98. The minimum atomic E-state index is -0.111. The molecule has 0 bridgehead atoms. The predicted octanol–water partition coefficient (Wildman–Crippen LogP) is 5.10. The van der Waals surface area contributed by atoms with Gasteiger partial charge in [-0.1, -0.05) is 23.2 Å². The smallest absolute Gasteiger partial charge is 0.272 e. The normalized spacial score (nSPS) is 18.8.